The molecule has 1 heterocycles. The van der Waals surface area contributed by atoms with Crippen molar-refractivity contribution in [2.24, 2.45) is 0 Å². The van der Waals surface area contributed by atoms with Crippen molar-refractivity contribution in [3.8, 4) is 5.75 Å². The van der Waals surface area contributed by atoms with Crippen molar-refractivity contribution >= 4 is 27.6 Å². The predicted octanol–water partition coefficient (Wildman–Crippen LogP) is 3.36. The second-order valence-electron chi connectivity index (χ2n) is 6.43. The van der Waals surface area contributed by atoms with Crippen molar-refractivity contribution in [3.05, 3.63) is 59.1 Å². The largest absolute Gasteiger partial charge is 0.423 e. The molecular weight excluding hydrogens is 390 g/mol. The highest BCUT2D eigenvalue weighted by Crippen LogP contribution is 2.28. The van der Waals surface area contributed by atoms with Gasteiger partial charge >= 0.3 is 5.97 Å². The number of morpholine rings is 1. The lowest BCUT2D eigenvalue weighted by molar-refractivity contribution is -0.0440. The Morgan fingerprint density at radius 3 is 2.37 bits per heavy atom. The minimum atomic E-state index is -3.87. The minimum absolute atomic E-state index is 0.0538. The fraction of sp³-hybridized carbons (Fsp3) is 0.316. The van der Waals surface area contributed by atoms with Crippen molar-refractivity contribution in [2.75, 3.05) is 13.1 Å². The van der Waals surface area contributed by atoms with Gasteiger partial charge in [0.2, 0.25) is 10.0 Å². The third-order valence-corrected chi connectivity index (χ3v) is 6.44. The summed E-state index contributed by atoms with van der Waals surface area (Å²) in [6.07, 6.45) is -0.456. The molecule has 0 radical (unpaired) electrons. The van der Waals surface area contributed by atoms with Crippen molar-refractivity contribution in [2.45, 2.75) is 31.0 Å². The normalized spacial score (nSPS) is 21.0. The Bertz CT molecular complexity index is 922. The Balaban J connectivity index is 1.89. The Morgan fingerprint density at radius 1 is 1.11 bits per heavy atom. The van der Waals surface area contributed by atoms with Gasteiger partial charge in [0.1, 0.15) is 10.6 Å². The van der Waals surface area contributed by atoms with Crippen LogP contribution in [0.1, 0.15) is 24.2 Å². The van der Waals surface area contributed by atoms with Gasteiger partial charge in [0, 0.05) is 13.1 Å². The number of halogens is 1. The number of ether oxygens (including phenoxy) is 2. The Morgan fingerprint density at radius 2 is 1.74 bits per heavy atom. The summed E-state index contributed by atoms with van der Waals surface area (Å²) >= 11 is 6.15. The topological polar surface area (TPSA) is 72.9 Å². The number of sulfonamides is 1. The Hall–Kier alpha value is -1.93. The van der Waals surface area contributed by atoms with Gasteiger partial charge in [-0.2, -0.15) is 4.31 Å². The summed E-state index contributed by atoms with van der Waals surface area (Å²) in [5.41, 5.74) is 0.108. The smallest absolute Gasteiger partial charge is 0.343 e. The van der Waals surface area contributed by atoms with Crippen molar-refractivity contribution in [1.82, 2.24) is 4.31 Å². The van der Waals surface area contributed by atoms with Crippen LogP contribution in [-0.2, 0) is 14.8 Å². The SMILES string of the molecule is C[C@@H]1CN(S(=O)(=O)c2cc(C(=O)Oc3ccccc3)ccc2Cl)C[C@H](C)O1. The van der Waals surface area contributed by atoms with Crippen LogP contribution in [0.2, 0.25) is 5.02 Å². The minimum Gasteiger partial charge on any atom is -0.423 e. The van der Waals surface area contributed by atoms with E-state index in [1.54, 1.807) is 30.3 Å². The van der Waals surface area contributed by atoms with Crippen LogP contribution >= 0.6 is 11.6 Å². The van der Waals surface area contributed by atoms with Gasteiger partial charge in [-0.15, -0.1) is 0 Å². The van der Waals surface area contributed by atoms with E-state index in [0.717, 1.165) is 0 Å². The average molecular weight is 410 g/mol. The zero-order valence-electron chi connectivity index (χ0n) is 15.0. The molecule has 0 saturated carbocycles. The lowest BCUT2D eigenvalue weighted by atomic mass is 10.2. The third-order valence-electron chi connectivity index (χ3n) is 4.12. The standard InChI is InChI=1S/C19H20ClNO5S/c1-13-11-21(12-14(2)25-13)27(23,24)18-10-15(8-9-17(18)20)19(22)26-16-6-4-3-5-7-16/h3-10,13-14H,11-12H2,1-2H3/t13-,14+. The van der Waals surface area contributed by atoms with Crippen LogP contribution in [0.4, 0.5) is 0 Å². The molecule has 27 heavy (non-hydrogen) atoms. The first kappa shape index (κ1) is 19.8. The first-order chi connectivity index (χ1) is 12.8. The van der Waals surface area contributed by atoms with Crippen LogP contribution in [0.3, 0.4) is 0 Å². The van der Waals surface area contributed by atoms with Gasteiger partial charge in [-0.3, -0.25) is 0 Å². The molecule has 1 aliphatic rings. The molecule has 8 heteroatoms. The predicted molar refractivity (Wildman–Crippen MR) is 102 cm³/mol. The summed E-state index contributed by atoms with van der Waals surface area (Å²) in [7, 11) is -3.87. The van der Waals surface area contributed by atoms with Crippen LogP contribution in [0.5, 0.6) is 5.75 Å². The van der Waals surface area contributed by atoms with E-state index in [0.29, 0.717) is 5.75 Å². The van der Waals surface area contributed by atoms with E-state index in [1.807, 2.05) is 13.8 Å². The van der Waals surface area contributed by atoms with Gasteiger partial charge in [0.25, 0.3) is 0 Å². The van der Waals surface area contributed by atoms with E-state index in [1.165, 1.54) is 22.5 Å². The highest BCUT2D eigenvalue weighted by Gasteiger charge is 2.34. The van der Waals surface area contributed by atoms with E-state index in [2.05, 4.69) is 0 Å². The average Bonchev–Trinajstić information content (AvgIpc) is 2.62. The maximum absolute atomic E-state index is 13.1. The van der Waals surface area contributed by atoms with Crippen molar-refractivity contribution < 1.29 is 22.7 Å². The molecule has 144 valence electrons. The van der Waals surface area contributed by atoms with Gasteiger partial charge in [-0.1, -0.05) is 29.8 Å². The van der Waals surface area contributed by atoms with Crippen LogP contribution in [-0.4, -0.2) is 44.0 Å². The number of para-hydroxylation sites is 1. The third kappa shape index (κ3) is 4.50. The lowest BCUT2D eigenvalue weighted by Crippen LogP contribution is -2.48. The van der Waals surface area contributed by atoms with Gasteiger partial charge < -0.3 is 9.47 Å². The van der Waals surface area contributed by atoms with Gasteiger partial charge in [0.05, 0.1) is 22.8 Å². The molecule has 2 atom stereocenters. The first-order valence-electron chi connectivity index (χ1n) is 8.50. The molecule has 3 rings (SSSR count). The number of nitrogens with zero attached hydrogens (tertiary/aromatic N) is 1. The van der Waals surface area contributed by atoms with E-state index in [9.17, 15) is 13.2 Å². The van der Waals surface area contributed by atoms with Crippen LogP contribution in [0, 0.1) is 0 Å². The number of hydrogen-bond donors (Lipinski definition) is 0. The zero-order chi connectivity index (χ0) is 19.6. The van der Waals surface area contributed by atoms with Crippen molar-refractivity contribution in [3.63, 3.8) is 0 Å². The van der Waals surface area contributed by atoms with Gasteiger partial charge in [-0.05, 0) is 44.2 Å². The fourth-order valence-electron chi connectivity index (χ4n) is 2.95. The number of hydrogen-bond acceptors (Lipinski definition) is 5. The molecule has 2 aromatic rings. The van der Waals surface area contributed by atoms with E-state index < -0.39 is 16.0 Å². The van der Waals surface area contributed by atoms with Crippen molar-refractivity contribution in [1.29, 1.82) is 0 Å². The maximum atomic E-state index is 13.1. The highest BCUT2D eigenvalue weighted by atomic mass is 35.5. The molecule has 1 aliphatic heterocycles. The molecule has 6 nitrogen and oxygen atoms in total. The number of benzene rings is 2. The monoisotopic (exact) mass is 409 g/mol. The molecule has 0 N–H and O–H groups in total. The molecule has 0 aromatic heterocycles. The summed E-state index contributed by atoms with van der Waals surface area (Å²) < 4.78 is 38.3. The second kappa shape index (κ2) is 7.98. The maximum Gasteiger partial charge on any atom is 0.343 e. The Labute approximate surface area is 163 Å². The number of esters is 1. The van der Waals surface area contributed by atoms with Gasteiger partial charge in [-0.25, -0.2) is 13.2 Å². The summed E-state index contributed by atoms with van der Waals surface area (Å²) in [5, 5.41) is 0.0538. The summed E-state index contributed by atoms with van der Waals surface area (Å²) in [6.45, 7) is 4.07. The van der Waals surface area contributed by atoms with Crippen LogP contribution in [0.15, 0.2) is 53.4 Å². The summed E-state index contributed by atoms with van der Waals surface area (Å²) in [4.78, 5) is 12.3. The van der Waals surface area contributed by atoms with E-state index in [4.69, 9.17) is 21.1 Å². The summed E-state index contributed by atoms with van der Waals surface area (Å²) in [5.74, 6) is -0.282. The molecule has 0 aliphatic carbocycles. The lowest BCUT2D eigenvalue weighted by Gasteiger charge is -2.34. The molecule has 2 aromatic carbocycles. The van der Waals surface area contributed by atoms with Crippen LogP contribution in [0.25, 0.3) is 0 Å². The molecule has 0 unspecified atom stereocenters. The molecule has 1 fully saturated rings. The molecule has 0 amide bonds. The number of carbonyl (C=O) groups excluding carboxylic acids is 1. The van der Waals surface area contributed by atoms with E-state index in [-0.39, 0.29) is 40.8 Å². The van der Waals surface area contributed by atoms with E-state index >= 15 is 0 Å². The van der Waals surface area contributed by atoms with Gasteiger partial charge in [0.15, 0.2) is 0 Å². The number of rotatable bonds is 4. The summed E-state index contributed by atoms with van der Waals surface area (Å²) in [6, 6.07) is 12.6. The van der Waals surface area contributed by atoms with Crippen LogP contribution < -0.4 is 4.74 Å². The molecule has 1 saturated heterocycles. The Kier molecular flexibility index (Phi) is 5.86. The first-order valence-corrected chi connectivity index (χ1v) is 10.3. The second-order valence-corrected chi connectivity index (χ2v) is 8.74. The quantitative estimate of drug-likeness (QED) is 0.572. The molecule has 0 bridgehead atoms. The zero-order valence-corrected chi connectivity index (χ0v) is 16.5. The number of carbonyl (C=O) groups is 1. The fourth-order valence-corrected chi connectivity index (χ4v) is 5.04. The molecular formula is C19H20ClNO5S. The highest BCUT2D eigenvalue weighted by molar-refractivity contribution is 7.89. The molecule has 0 spiro atoms.